The van der Waals surface area contributed by atoms with Crippen LogP contribution in [0.5, 0.6) is 5.75 Å². The number of rotatable bonds is 6. The molecule has 0 radical (unpaired) electrons. The van der Waals surface area contributed by atoms with Crippen molar-refractivity contribution in [3.8, 4) is 5.75 Å². The minimum absolute atomic E-state index is 0.0928. The maximum absolute atomic E-state index is 11.8. The van der Waals surface area contributed by atoms with Gasteiger partial charge >= 0.3 is 0 Å². The van der Waals surface area contributed by atoms with Crippen LogP contribution in [-0.2, 0) is 4.79 Å². The normalized spacial score (nSPS) is 15.1. The molecule has 112 valence electrons. The van der Waals surface area contributed by atoms with Crippen molar-refractivity contribution < 1.29 is 19.2 Å². The van der Waals surface area contributed by atoms with E-state index in [9.17, 15) is 19.7 Å². The van der Waals surface area contributed by atoms with Crippen molar-refractivity contribution in [2.45, 2.75) is 38.8 Å². The van der Waals surface area contributed by atoms with Crippen LogP contribution in [0, 0.1) is 10.1 Å². The summed E-state index contributed by atoms with van der Waals surface area (Å²) in [5, 5.41) is 13.5. The van der Waals surface area contributed by atoms with Crippen LogP contribution >= 0.6 is 0 Å². The molecule has 1 fully saturated rings. The molecule has 1 unspecified atom stereocenters. The van der Waals surface area contributed by atoms with Crippen LogP contribution in [0.4, 0.5) is 5.69 Å². The SMILES string of the molecule is CC(=O)c1cc([N+](=O)[O-])ccc1OC(C)C(=O)NC1CC1. The van der Waals surface area contributed by atoms with E-state index in [0.717, 1.165) is 18.9 Å². The first-order chi connectivity index (χ1) is 9.88. The number of nitrogens with one attached hydrogen (secondary N) is 1. The van der Waals surface area contributed by atoms with Gasteiger partial charge in [0.05, 0.1) is 10.5 Å². The molecule has 0 heterocycles. The molecule has 1 aliphatic carbocycles. The maximum Gasteiger partial charge on any atom is 0.270 e. The van der Waals surface area contributed by atoms with Gasteiger partial charge in [0, 0.05) is 18.2 Å². The van der Waals surface area contributed by atoms with Gasteiger partial charge in [-0.1, -0.05) is 0 Å². The van der Waals surface area contributed by atoms with E-state index in [-0.39, 0.29) is 34.7 Å². The second-order valence-electron chi connectivity index (χ2n) is 5.04. The molecule has 1 aromatic rings. The predicted octanol–water partition coefficient (Wildman–Crippen LogP) is 1.84. The molecule has 0 aliphatic heterocycles. The molecule has 1 atom stereocenters. The number of hydrogen-bond acceptors (Lipinski definition) is 5. The first-order valence-electron chi connectivity index (χ1n) is 6.65. The summed E-state index contributed by atoms with van der Waals surface area (Å²) in [5.74, 6) is -0.444. The van der Waals surface area contributed by atoms with Gasteiger partial charge in [-0.25, -0.2) is 0 Å². The maximum atomic E-state index is 11.8. The number of non-ortho nitro benzene ring substituents is 1. The van der Waals surface area contributed by atoms with Gasteiger partial charge in [0.15, 0.2) is 11.9 Å². The Morgan fingerprint density at radius 2 is 2.10 bits per heavy atom. The number of nitrogens with zero attached hydrogens (tertiary/aromatic N) is 1. The fraction of sp³-hybridized carbons (Fsp3) is 0.429. The Bertz CT molecular complexity index is 595. The van der Waals surface area contributed by atoms with Crippen LogP contribution in [0.1, 0.15) is 37.0 Å². The fourth-order valence-corrected chi connectivity index (χ4v) is 1.80. The van der Waals surface area contributed by atoms with Gasteiger partial charge in [-0.15, -0.1) is 0 Å². The number of nitro groups is 1. The van der Waals surface area contributed by atoms with Crippen molar-refractivity contribution in [3.05, 3.63) is 33.9 Å². The second-order valence-corrected chi connectivity index (χ2v) is 5.04. The third kappa shape index (κ3) is 3.77. The molecule has 0 aromatic heterocycles. The summed E-state index contributed by atoms with van der Waals surface area (Å²) in [7, 11) is 0. The molecule has 7 heteroatoms. The zero-order valence-corrected chi connectivity index (χ0v) is 11.8. The standard InChI is InChI=1S/C14H16N2O5/c1-8(17)12-7-11(16(19)20)5-6-13(12)21-9(2)14(18)15-10-3-4-10/h5-7,9-10H,3-4H2,1-2H3,(H,15,18). The van der Waals surface area contributed by atoms with Gasteiger partial charge in [-0.2, -0.15) is 0 Å². The lowest BCUT2D eigenvalue weighted by molar-refractivity contribution is -0.384. The van der Waals surface area contributed by atoms with E-state index < -0.39 is 11.0 Å². The average Bonchev–Trinajstić information content (AvgIpc) is 3.22. The lowest BCUT2D eigenvalue weighted by Crippen LogP contribution is -2.37. The number of hydrogen-bond donors (Lipinski definition) is 1. The fourth-order valence-electron chi connectivity index (χ4n) is 1.80. The Morgan fingerprint density at radius 1 is 1.43 bits per heavy atom. The van der Waals surface area contributed by atoms with Gasteiger partial charge in [0.1, 0.15) is 5.75 Å². The molecule has 1 aliphatic rings. The van der Waals surface area contributed by atoms with E-state index in [0.29, 0.717) is 0 Å². The van der Waals surface area contributed by atoms with Crippen LogP contribution in [0.25, 0.3) is 0 Å². The van der Waals surface area contributed by atoms with Gasteiger partial charge < -0.3 is 10.1 Å². The number of amides is 1. The third-order valence-corrected chi connectivity index (χ3v) is 3.15. The first-order valence-corrected chi connectivity index (χ1v) is 6.65. The summed E-state index contributed by atoms with van der Waals surface area (Å²) in [4.78, 5) is 33.6. The molecule has 0 saturated heterocycles. The van der Waals surface area contributed by atoms with Crippen molar-refractivity contribution in [1.29, 1.82) is 0 Å². The van der Waals surface area contributed by atoms with Gasteiger partial charge in [-0.05, 0) is 32.8 Å². The zero-order valence-electron chi connectivity index (χ0n) is 11.8. The Morgan fingerprint density at radius 3 is 2.62 bits per heavy atom. The third-order valence-electron chi connectivity index (χ3n) is 3.15. The molecule has 0 bridgehead atoms. The lowest BCUT2D eigenvalue weighted by atomic mass is 10.1. The van der Waals surface area contributed by atoms with Crippen LogP contribution < -0.4 is 10.1 Å². The molecule has 1 aromatic carbocycles. The minimum atomic E-state index is -0.773. The number of Topliss-reactive ketones (excluding diaryl/α,β-unsaturated/α-hetero) is 1. The highest BCUT2D eigenvalue weighted by atomic mass is 16.6. The number of carbonyl (C=O) groups is 2. The lowest BCUT2D eigenvalue weighted by Gasteiger charge is -2.16. The summed E-state index contributed by atoms with van der Waals surface area (Å²) in [6, 6.07) is 3.96. The summed E-state index contributed by atoms with van der Waals surface area (Å²) >= 11 is 0. The minimum Gasteiger partial charge on any atom is -0.480 e. The molecule has 2 rings (SSSR count). The quantitative estimate of drug-likeness (QED) is 0.490. The average molecular weight is 292 g/mol. The summed E-state index contributed by atoms with van der Waals surface area (Å²) in [6.45, 7) is 2.86. The largest absolute Gasteiger partial charge is 0.480 e. The number of benzene rings is 1. The molecular weight excluding hydrogens is 276 g/mol. The Hall–Kier alpha value is -2.44. The number of carbonyl (C=O) groups excluding carboxylic acids is 2. The van der Waals surface area contributed by atoms with Crippen molar-refractivity contribution in [2.75, 3.05) is 0 Å². The number of ether oxygens (including phenoxy) is 1. The molecule has 21 heavy (non-hydrogen) atoms. The monoisotopic (exact) mass is 292 g/mol. The highest BCUT2D eigenvalue weighted by molar-refractivity contribution is 5.97. The molecule has 1 saturated carbocycles. The van der Waals surface area contributed by atoms with E-state index in [4.69, 9.17) is 4.74 Å². The second kappa shape index (κ2) is 5.90. The topological polar surface area (TPSA) is 98.5 Å². The predicted molar refractivity (Wildman–Crippen MR) is 74.4 cm³/mol. The highest BCUT2D eigenvalue weighted by Crippen LogP contribution is 2.26. The van der Waals surface area contributed by atoms with Crippen molar-refractivity contribution >= 4 is 17.4 Å². The molecular formula is C14H16N2O5. The van der Waals surface area contributed by atoms with Crippen molar-refractivity contribution in [3.63, 3.8) is 0 Å². The highest BCUT2D eigenvalue weighted by Gasteiger charge is 2.27. The van der Waals surface area contributed by atoms with E-state index >= 15 is 0 Å². The Labute approximate surface area is 121 Å². The van der Waals surface area contributed by atoms with E-state index in [1.54, 1.807) is 6.92 Å². The van der Waals surface area contributed by atoms with Gasteiger partial charge in [0.2, 0.25) is 0 Å². The van der Waals surface area contributed by atoms with Gasteiger partial charge in [-0.3, -0.25) is 19.7 Å². The first kappa shape index (κ1) is 15.0. The van der Waals surface area contributed by atoms with Crippen molar-refractivity contribution in [1.82, 2.24) is 5.32 Å². The van der Waals surface area contributed by atoms with Crippen LogP contribution in [0.3, 0.4) is 0 Å². The summed E-state index contributed by atoms with van der Waals surface area (Å²) < 4.78 is 5.48. The van der Waals surface area contributed by atoms with E-state index in [1.165, 1.54) is 19.1 Å². The Kier molecular flexibility index (Phi) is 4.21. The van der Waals surface area contributed by atoms with Crippen LogP contribution in [0.2, 0.25) is 0 Å². The number of nitro benzene ring substituents is 1. The van der Waals surface area contributed by atoms with Gasteiger partial charge in [0.25, 0.3) is 11.6 Å². The number of ketones is 1. The molecule has 7 nitrogen and oxygen atoms in total. The molecule has 1 N–H and O–H groups in total. The summed E-state index contributed by atoms with van der Waals surface area (Å²) in [6.07, 6.45) is 1.16. The Balaban J connectivity index is 2.15. The molecule has 0 spiro atoms. The van der Waals surface area contributed by atoms with Crippen LogP contribution in [0.15, 0.2) is 18.2 Å². The summed E-state index contributed by atoms with van der Waals surface area (Å²) in [5.41, 5.74) is -0.0992. The van der Waals surface area contributed by atoms with E-state index in [1.807, 2.05) is 0 Å². The zero-order chi connectivity index (χ0) is 15.6. The molecule has 1 amide bonds. The smallest absolute Gasteiger partial charge is 0.270 e. The van der Waals surface area contributed by atoms with Crippen LogP contribution in [-0.4, -0.2) is 28.8 Å². The van der Waals surface area contributed by atoms with Crippen molar-refractivity contribution in [2.24, 2.45) is 0 Å². The van der Waals surface area contributed by atoms with E-state index in [2.05, 4.69) is 5.32 Å².